The Morgan fingerprint density at radius 3 is 2.19 bits per heavy atom. The van der Waals surface area contributed by atoms with E-state index in [2.05, 4.69) is 5.32 Å². The summed E-state index contributed by atoms with van der Waals surface area (Å²) in [5.74, 6) is -0.176. The lowest BCUT2D eigenvalue weighted by Crippen LogP contribution is -2.16. The van der Waals surface area contributed by atoms with Crippen molar-refractivity contribution in [3.05, 3.63) is 47.0 Å². The minimum Gasteiger partial charge on any atom is -0.493 e. The minimum absolute atomic E-state index is 0.0467. The van der Waals surface area contributed by atoms with Gasteiger partial charge in [-0.1, -0.05) is 0 Å². The van der Waals surface area contributed by atoms with Gasteiger partial charge in [0.05, 0.1) is 31.6 Å². The van der Waals surface area contributed by atoms with E-state index in [1.165, 1.54) is 32.4 Å². The van der Waals surface area contributed by atoms with Crippen molar-refractivity contribution in [1.82, 2.24) is 0 Å². The predicted octanol–water partition coefficient (Wildman–Crippen LogP) is 3.75. The number of benzene rings is 2. The molecule has 0 aliphatic rings. The van der Waals surface area contributed by atoms with Gasteiger partial charge in [-0.3, -0.25) is 4.79 Å². The maximum atomic E-state index is 12.8. The van der Waals surface area contributed by atoms with Gasteiger partial charge in [-0.25, -0.2) is 4.79 Å². The van der Waals surface area contributed by atoms with Crippen molar-refractivity contribution in [3.63, 3.8) is 0 Å². The number of nitrogens with one attached hydrogen (secondary N) is 1. The molecule has 0 aliphatic carbocycles. The van der Waals surface area contributed by atoms with Crippen molar-refractivity contribution in [2.24, 2.45) is 0 Å². The van der Waals surface area contributed by atoms with Gasteiger partial charge in [0.1, 0.15) is 5.75 Å². The lowest BCUT2D eigenvalue weighted by molar-refractivity contribution is 0.0696. The van der Waals surface area contributed by atoms with Gasteiger partial charge in [-0.05, 0) is 56.7 Å². The van der Waals surface area contributed by atoms with Crippen LogP contribution in [-0.4, -0.2) is 37.3 Å². The quantitative estimate of drug-likeness (QED) is 0.768. The Morgan fingerprint density at radius 1 is 1.00 bits per heavy atom. The normalized spacial score (nSPS) is 10.4. The molecule has 0 fully saturated rings. The van der Waals surface area contributed by atoms with Crippen LogP contribution in [0.1, 0.15) is 40.1 Å². The number of rotatable bonds is 7. The predicted molar refractivity (Wildman–Crippen MR) is 101 cm³/mol. The van der Waals surface area contributed by atoms with E-state index >= 15 is 0 Å². The molecule has 0 saturated carbocycles. The fourth-order valence-electron chi connectivity index (χ4n) is 2.53. The molecule has 0 atom stereocenters. The van der Waals surface area contributed by atoms with E-state index in [4.69, 9.17) is 14.2 Å². The first kappa shape index (κ1) is 20.1. The highest BCUT2D eigenvalue weighted by atomic mass is 16.5. The van der Waals surface area contributed by atoms with E-state index < -0.39 is 11.9 Å². The Balaban J connectivity index is 2.42. The van der Waals surface area contributed by atoms with Gasteiger partial charge in [0.2, 0.25) is 0 Å². The molecule has 2 aromatic rings. The number of carboxylic acids is 1. The molecule has 0 radical (unpaired) electrons. The highest BCUT2D eigenvalue weighted by molar-refractivity contribution is 6.07. The summed E-state index contributed by atoms with van der Waals surface area (Å²) >= 11 is 0. The first-order valence-corrected chi connectivity index (χ1v) is 8.34. The number of carbonyl (C=O) groups excluding carboxylic acids is 1. The summed E-state index contributed by atoms with van der Waals surface area (Å²) in [7, 11) is 3.00. The minimum atomic E-state index is -1.09. The zero-order valence-electron chi connectivity index (χ0n) is 16.0. The van der Waals surface area contributed by atoms with Gasteiger partial charge in [0.25, 0.3) is 5.91 Å². The molecule has 0 saturated heterocycles. The highest BCUT2D eigenvalue weighted by Crippen LogP contribution is 2.32. The number of amides is 1. The number of ether oxygens (including phenoxy) is 3. The molecular formula is C20H23NO6. The highest BCUT2D eigenvalue weighted by Gasteiger charge is 2.18. The summed E-state index contributed by atoms with van der Waals surface area (Å²) in [4.78, 5) is 24.1. The first-order chi connectivity index (χ1) is 12.8. The molecule has 0 aliphatic heterocycles. The van der Waals surface area contributed by atoms with Gasteiger partial charge in [-0.15, -0.1) is 0 Å². The summed E-state index contributed by atoms with van der Waals surface area (Å²) in [6.07, 6.45) is -0.140. The van der Waals surface area contributed by atoms with Crippen LogP contribution in [0.15, 0.2) is 30.3 Å². The molecule has 2 rings (SSSR count). The molecular weight excluding hydrogens is 350 g/mol. The van der Waals surface area contributed by atoms with E-state index in [-0.39, 0.29) is 17.4 Å². The number of aromatic carboxylic acids is 1. The summed E-state index contributed by atoms with van der Waals surface area (Å²) in [5.41, 5.74) is 1.39. The van der Waals surface area contributed by atoms with Crippen molar-refractivity contribution >= 4 is 17.6 Å². The monoisotopic (exact) mass is 373 g/mol. The van der Waals surface area contributed by atoms with Crippen LogP contribution in [0.4, 0.5) is 5.69 Å². The van der Waals surface area contributed by atoms with Gasteiger partial charge in [0.15, 0.2) is 11.5 Å². The molecule has 0 bridgehead atoms. The Morgan fingerprint density at radius 2 is 1.63 bits per heavy atom. The number of carboxylic acid groups (broad SMARTS) is 1. The Labute approximate surface area is 157 Å². The third-order valence-corrected chi connectivity index (χ3v) is 3.81. The second kappa shape index (κ2) is 8.44. The van der Waals surface area contributed by atoms with Crippen LogP contribution >= 0.6 is 0 Å². The first-order valence-electron chi connectivity index (χ1n) is 8.34. The molecule has 0 heterocycles. The van der Waals surface area contributed by atoms with Gasteiger partial charge >= 0.3 is 5.97 Å². The molecule has 27 heavy (non-hydrogen) atoms. The maximum absolute atomic E-state index is 12.8. The van der Waals surface area contributed by atoms with Gasteiger partial charge < -0.3 is 24.6 Å². The molecule has 2 N–H and O–H groups in total. The Bertz CT molecular complexity index is 860. The zero-order valence-corrected chi connectivity index (χ0v) is 16.0. The van der Waals surface area contributed by atoms with Gasteiger partial charge in [-0.2, -0.15) is 0 Å². The van der Waals surface area contributed by atoms with Crippen LogP contribution in [0.3, 0.4) is 0 Å². The number of aryl methyl sites for hydroxylation is 1. The van der Waals surface area contributed by atoms with Crippen molar-refractivity contribution < 1.29 is 28.9 Å². The molecule has 0 unspecified atom stereocenters. The van der Waals surface area contributed by atoms with Crippen molar-refractivity contribution in [2.45, 2.75) is 26.9 Å². The fraction of sp³-hybridized carbons (Fsp3) is 0.300. The van der Waals surface area contributed by atoms with Crippen molar-refractivity contribution in [1.29, 1.82) is 0 Å². The van der Waals surface area contributed by atoms with Crippen LogP contribution in [0.25, 0.3) is 0 Å². The topological polar surface area (TPSA) is 94.1 Å². The summed E-state index contributed by atoms with van der Waals surface area (Å²) in [6.45, 7) is 5.46. The average molecular weight is 373 g/mol. The smallest absolute Gasteiger partial charge is 0.335 e. The number of methoxy groups -OCH3 is 2. The second-order valence-electron chi connectivity index (χ2n) is 6.16. The summed E-state index contributed by atoms with van der Waals surface area (Å²) in [5, 5.41) is 12.0. The van der Waals surface area contributed by atoms with Crippen LogP contribution < -0.4 is 19.5 Å². The van der Waals surface area contributed by atoms with E-state index in [1.54, 1.807) is 19.1 Å². The molecule has 144 valence electrons. The van der Waals surface area contributed by atoms with Crippen molar-refractivity contribution in [3.8, 4) is 17.2 Å². The average Bonchev–Trinajstić information content (AvgIpc) is 2.62. The van der Waals surface area contributed by atoms with E-state index in [1.807, 2.05) is 13.8 Å². The number of carbonyl (C=O) groups is 2. The van der Waals surface area contributed by atoms with E-state index in [9.17, 15) is 14.7 Å². The molecule has 2 aromatic carbocycles. The largest absolute Gasteiger partial charge is 0.493 e. The number of anilines is 1. The number of hydrogen-bond acceptors (Lipinski definition) is 5. The molecule has 0 spiro atoms. The lowest BCUT2D eigenvalue weighted by Gasteiger charge is -2.17. The van der Waals surface area contributed by atoms with Crippen molar-refractivity contribution in [2.75, 3.05) is 19.5 Å². The third kappa shape index (κ3) is 4.69. The lowest BCUT2D eigenvalue weighted by atomic mass is 10.1. The fourth-order valence-corrected chi connectivity index (χ4v) is 2.53. The Hall–Kier alpha value is -3.22. The van der Waals surface area contributed by atoms with E-state index in [0.717, 1.165) is 0 Å². The van der Waals surface area contributed by atoms with Crippen LogP contribution in [-0.2, 0) is 0 Å². The molecule has 0 aromatic heterocycles. The Kier molecular flexibility index (Phi) is 6.28. The van der Waals surface area contributed by atoms with Crippen LogP contribution in [0, 0.1) is 6.92 Å². The number of hydrogen-bond donors (Lipinski definition) is 2. The summed E-state index contributed by atoms with van der Waals surface area (Å²) < 4.78 is 16.2. The SMILES string of the molecule is COc1cc(C)c(C(=O)Nc2cc(C(=O)O)ccc2OC(C)C)cc1OC. The standard InChI is InChI=1S/C20H23NO6/c1-11(2)27-16-7-6-13(20(23)24)9-15(16)21-19(22)14-10-18(26-5)17(25-4)8-12(14)3/h6-11H,1-5H3,(H,21,22)(H,23,24). The van der Waals surface area contributed by atoms with Crippen LogP contribution in [0.5, 0.6) is 17.2 Å². The maximum Gasteiger partial charge on any atom is 0.335 e. The summed E-state index contributed by atoms with van der Waals surface area (Å²) in [6, 6.07) is 7.60. The molecule has 1 amide bonds. The second-order valence-corrected chi connectivity index (χ2v) is 6.16. The zero-order chi connectivity index (χ0) is 20.1. The van der Waals surface area contributed by atoms with Gasteiger partial charge in [0, 0.05) is 5.56 Å². The molecule has 7 nitrogen and oxygen atoms in total. The van der Waals surface area contributed by atoms with Crippen LogP contribution in [0.2, 0.25) is 0 Å². The third-order valence-electron chi connectivity index (χ3n) is 3.81. The molecule has 7 heteroatoms. The van der Waals surface area contributed by atoms with E-state index in [0.29, 0.717) is 28.4 Å².